The number of benzene rings is 4. The van der Waals surface area contributed by atoms with Gasteiger partial charge in [0.15, 0.2) is 0 Å². The highest BCUT2D eigenvalue weighted by Gasteiger charge is 2.38. The van der Waals surface area contributed by atoms with Gasteiger partial charge >= 0.3 is 0 Å². The summed E-state index contributed by atoms with van der Waals surface area (Å²) in [7, 11) is 0. The van der Waals surface area contributed by atoms with Crippen LogP contribution in [0.4, 0.5) is 0 Å². The third-order valence-electron chi connectivity index (χ3n) is 5.59. The van der Waals surface area contributed by atoms with Crippen LogP contribution in [0.3, 0.4) is 0 Å². The third-order valence-corrected chi connectivity index (χ3v) is 5.59. The van der Waals surface area contributed by atoms with Crippen molar-refractivity contribution in [2.75, 3.05) is 0 Å². The van der Waals surface area contributed by atoms with Gasteiger partial charge in [-0.05, 0) is 40.8 Å². The summed E-state index contributed by atoms with van der Waals surface area (Å²) >= 11 is 0. The third kappa shape index (κ3) is 4.85. The van der Waals surface area contributed by atoms with E-state index < -0.39 is 11.6 Å². The van der Waals surface area contributed by atoms with E-state index in [9.17, 15) is 5.11 Å². The van der Waals surface area contributed by atoms with Crippen LogP contribution in [0, 0.1) is 0 Å². The number of hydrogen-bond donors (Lipinski definition) is 2. The van der Waals surface area contributed by atoms with Gasteiger partial charge in [-0.1, -0.05) is 103 Å². The Balaban J connectivity index is 1.50. The molecule has 0 radical (unpaired) electrons. The van der Waals surface area contributed by atoms with Crippen molar-refractivity contribution in [1.82, 2.24) is 0 Å². The van der Waals surface area contributed by atoms with Gasteiger partial charge in [0.1, 0.15) is 18.0 Å². The molecule has 0 bridgehead atoms. The normalized spacial score (nSPS) is 12.3. The Morgan fingerprint density at radius 2 is 1.13 bits per heavy atom. The summed E-state index contributed by atoms with van der Waals surface area (Å²) in [6.45, 7) is 0.529. The Labute approximate surface area is 183 Å². The molecule has 31 heavy (non-hydrogen) atoms. The largest absolute Gasteiger partial charge is 0.489 e. The van der Waals surface area contributed by atoms with Gasteiger partial charge in [0, 0.05) is 6.04 Å². The minimum Gasteiger partial charge on any atom is -0.489 e. The molecule has 0 fully saturated rings. The molecule has 0 aliphatic heterocycles. The van der Waals surface area contributed by atoms with Crippen LogP contribution in [0.1, 0.15) is 22.3 Å². The average molecular weight is 410 g/mol. The van der Waals surface area contributed by atoms with Gasteiger partial charge in [-0.15, -0.1) is 0 Å². The van der Waals surface area contributed by atoms with Crippen LogP contribution >= 0.6 is 0 Å². The van der Waals surface area contributed by atoms with Gasteiger partial charge < -0.3 is 15.6 Å². The minimum absolute atomic E-state index is 0.520. The molecule has 0 aliphatic rings. The zero-order chi connectivity index (χ0) is 21.5. The van der Waals surface area contributed by atoms with Crippen molar-refractivity contribution in [2.24, 2.45) is 5.73 Å². The first-order valence-corrected chi connectivity index (χ1v) is 10.5. The van der Waals surface area contributed by atoms with E-state index in [-0.39, 0.29) is 0 Å². The molecule has 0 amide bonds. The van der Waals surface area contributed by atoms with E-state index in [2.05, 4.69) is 0 Å². The van der Waals surface area contributed by atoms with Crippen molar-refractivity contribution >= 4 is 0 Å². The first kappa shape index (κ1) is 20.9. The smallest absolute Gasteiger partial charge is 0.130 e. The molecule has 1 atom stereocenters. The van der Waals surface area contributed by atoms with Crippen molar-refractivity contribution in [2.45, 2.75) is 24.7 Å². The maximum atomic E-state index is 11.8. The van der Waals surface area contributed by atoms with Crippen molar-refractivity contribution in [3.63, 3.8) is 0 Å². The second-order valence-corrected chi connectivity index (χ2v) is 7.73. The maximum absolute atomic E-state index is 11.8. The molecule has 3 heteroatoms. The van der Waals surface area contributed by atoms with Crippen molar-refractivity contribution in [3.05, 3.63) is 138 Å². The molecule has 4 aromatic carbocycles. The number of ether oxygens (including phenoxy) is 1. The Hall–Kier alpha value is -3.40. The monoisotopic (exact) mass is 409 g/mol. The van der Waals surface area contributed by atoms with Crippen LogP contribution in [0.15, 0.2) is 115 Å². The van der Waals surface area contributed by atoms with Crippen molar-refractivity contribution in [3.8, 4) is 5.75 Å². The molecule has 4 rings (SSSR count). The summed E-state index contributed by atoms with van der Waals surface area (Å²) in [5.41, 5.74) is 9.11. The van der Waals surface area contributed by atoms with E-state index >= 15 is 0 Å². The zero-order valence-corrected chi connectivity index (χ0v) is 17.4. The summed E-state index contributed by atoms with van der Waals surface area (Å²) in [6, 6.07) is 36.8. The number of rotatable bonds is 8. The number of nitrogens with two attached hydrogens (primary N) is 1. The molecule has 3 nitrogen and oxygen atoms in total. The fourth-order valence-corrected chi connectivity index (χ4v) is 3.84. The molecule has 0 spiro atoms. The van der Waals surface area contributed by atoms with Crippen molar-refractivity contribution in [1.29, 1.82) is 0 Å². The fraction of sp³-hybridized carbons (Fsp3) is 0.143. The highest BCUT2D eigenvalue weighted by atomic mass is 16.5. The predicted octanol–water partition coefficient (Wildman–Crippen LogP) is 5.07. The second-order valence-electron chi connectivity index (χ2n) is 7.73. The van der Waals surface area contributed by atoms with Crippen LogP contribution in [0.2, 0.25) is 0 Å². The van der Waals surface area contributed by atoms with E-state index in [1.807, 2.05) is 115 Å². The van der Waals surface area contributed by atoms with Gasteiger partial charge in [-0.2, -0.15) is 0 Å². The Kier molecular flexibility index (Phi) is 6.46. The van der Waals surface area contributed by atoms with E-state index in [0.29, 0.717) is 13.0 Å². The molecule has 0 unspecified atom stereocenters. The summed E-state index contributed by atoms with van der Waals surface area (Å²) in [5.74, 6) is 0.808. The van der Waals surface area contributed by atoms with Crippen molar-refractivity contribution < 1.29 is 9.84 Å². The quantitative estimate of drug-likeness (QED) is 0.427. The zero-order valence-electron chi connectivity index (χ0n) is 17.4. The minimum atomic E-state index is -1.29. The SMILES string of the molecule is N[C@@H](Cc1ccc(OCc2ccccc2)cc1)C(O)(c1ccccc1)c1ccccc1. The molecular formula is C28H27NO2. The lowest BCUT2D eigenvalue weighted by molar-refractivity contribution is 0.0516. The van der Waals surface area contributed by atoms with Crippen LogP contribution in [0.25, 0.3) is 0 Å². The molecular weight excluding hydrogens is 382 g/mol. The lowest BCUT2D eigenvalue weighted by Crippen LogP contribution is -2.47. The van der Waals surface area contributed by atoms with E-state index in [1.165, 1.54) is 0 Å². The van der Waals surface area contributed by atoms with Gasteiger partial charge in [-0.3, -0.25) is 0 Å². The van der Waals surface area contributed by atoms with Gasteiger partial charge in [0.25, 0.3) is 0 Å². The predicted molar refractivity (Wildman–Crippen MR) is 125 cm³/mol. The molecule has 0 saturated carbocycles. The molecule has 0 heterocycles. The Morgan fingerprint density at radius 3 is 1.65 bits per heavy atom. The second kappa shape index (κ2) is 9.61. The standard InChI is InChI=1S/C28H27NO2/c29-27(28(30,24-12-6-2-7-13-24)25-14-8-3-9-15-25)20-22-16-18-26(19-17-22)31-21-23-10-4-1-5-11-23/h1-19,27,30H,20-21,29H2/t27-/m0/s1. The average Bonchev–Trinajstić information content (AvgIpc) is 2.85. The topological polar surface area (TPSA) is 55.5 Å². The molecule has 156 valence electrons. The summed E-state index contributed by atoms with van der Waals surface area (Å²) < 4.78 is 5.88. The fourth-order valence-electron chi connectivity index (χ4n) is 3.84. The molecule has 3 N–H and O–H groups in total. The van der Waals surface area contributed by atoms with Crippen LogP contribution in [0.5, 0.6) is 5.75 Å². The first-order valence-electron chi connectivity index (χ1n) is 10.5. The highest BCUT2D eigenvalue weighted by molar-refractivity contribution is 5.39. The lowest BCUT2D eigenvalue weighted by Gasteiger charge is -2.35. The number of hydrogen-bond acceptors (Lipinski definition) is 3. The molecule has 0 aromatic heterocycles. The van der Waals surface area contributed by atoms with Crippen LogP contribution in [-0.4, -0.2) is 11.1 Å². The van der Waals surface area contributed by atoms with Gasteiger partial charge in [0.05, 0.1) is 0 Å². The van der Waals surface area contributed by atoms with E-state index in [1.54, 1.807) is 0 Å². The first-order chi connectivity index (χ1) is 15.2. The summed E-state index contributed by atoms with van der Waals surface area (Å²) in [4.78, 5) is 0. The molecule has 0 aliphatic carbocycles. The van der Waals surface area contributed by atoms with E-state index in [4.69, 9.17) is 10.5 Å². The van der Waals surface area contributed by atoms with Gasteiger partial charge in [0.2, 0.25) is 0 Å². The Bertz CT molecular complexity index is 1020. The van der Waals surface area contributed by atoms with Crippen LogP contribution in [-0.2, 0) is 18.6 Å². The van der Waals surface area contributed by atoms with Crippen LogP contribution < -0.4 is 10.5 Å². The Morgan fingerprint density at radius 1 is 0.645 bits per heavy atom. The number of aliphatic hydroxyl groups is 1. The van der Waals surface area contributed by atoms with Gasteiger partial charge in [-0.25, -0.2) is 0 Å². The molecule has 4 aromatic rings. The summed E-state index contributed by atoms with van der Waals surface area (Å²) in [5, 5.41) is 11.8. The summed E-state index contributed by atoms with van der Waals surface area (Å²) in [6.07, 6.45) is 0.527. The van der Waals surface area contributed by atoms with E-state index in [0.717, 1.165) is 28.0 Å². The maximum Gasteiger partial charge on any atom is 0.130 e. The molecule has 0 saturated heterocycles. The highest BCUT2D eigenvalue weighted by Crippen LogP contribution is 2.33. The lowest BCUT2D eigenvalue weighted by atomic mass is 9.78.